The highest BCUT2D eigenvalue weighted by atomic mass is 32.2. The van der Waals surface area contributed by atoms with Gasteiger partial charge in [-0.15, -0.1) is 0 Å². The Kier molecular flexibility index (Phi) is 13.5. The average Bonchev–Trinajstić information content (AvgIpc) is 2.67. The van der Waals surface area contributed by atoms with Crippen LogP contribution in [0.1, 0.15) is 111 Å². The van der Waals surface area contributed by atoms with Gasteiger partial charge >= 0.3 is 11.9 Å². The summed E-state index contributed by atoms with van der Waals surface area (Å²) in [5.41, 5.74) is -1.98. The molecule has 0 aromatic carbocycles. The van der Waals surface area contributed by atoms with Gasteiger partial charge in [-0.05, 0) is 26.2 Å². The molecule has 30 heavy (non-hydrogen) atoms. The summed E-state index contributed by atoms with van der Waals surface area (Å²) in [6.07, 6.45) is 7.71. The molecule has 0 aliphatic heterocycles. The van der Waals surface area contributed by atoms with Gasteiger partial charge in [0.1, 0.15) is 0 Å². The molecular formula is C22H42O7S. The van der Waals surface area contributed by atoms with Crippen molar-refractivity contribution in [3.63, 3.8) is 0 Å². The van der Waals surface area contributed by atoms with Crippen LogP contribution in [0.5, 0.6) is 0 Å². The number of ether oxygens (including phenoxy) is 1. The van der Waals surface area contributed by atoms with Crippen LogP contribution in [-0.2, 0) is 24.4 Å². The fourth-order valence-electron chi connectivity index (χ4n) is 3.94. The summed E-state index contributed by atoms with van der Waals surface area (Å²) in [5.74, 6) is -2.55. The summed E-state index contributed by atoms with van der Waals surface area (Å²) < 4.78 is 38.3. The van der Waals surface area contributed by atoms with Crippen molar-refractivity contribution in [3.05, 3.63) is 0 Å². The first-order valence-corrected chi connectivity index (χ1v) is 12.9. The number of unbranched alkanes of at least 4 members (excludes halogenated alkanes) is 8. The molecule has 0 radical (unpaired) electrons. The molecule has 2 N–H and O–H groups in total. The maximum absolute atomic E-state index is 13.2. The van der Waals surface area contributed by atoms with Gasteiger partial charge in [0, 0.05) is 0 Å². The summed E-state index contributed by atoms with van der Waals surface area (Å²) in [6.45, 7) is 7.25. The summed E-state index contributed by atoms with van der Waals surface area (Å²) in [6, 6.07) is 0. The van der Waals surface area contributed by atoms with E-state index in [1.807, 2.05) is 20.8 Å². The van der Waals surface area contributed by atoms with E-state index in [4.69, 9.17) is 4.74 Å². The Morgan fingerprint density at radius 3 is 1.73 bits per heavy atom. The zero-order valence-electron chi connectivity index (χ0n) is 19.2. The standard InChI is InChI=1S/C22H42O7S/c1-5-8-11-14-16-21(4,19(23)24)22(30(26,27)28,17-13-10-7-3)20(25)29-18-15-12-9-6-2/h5-18H2,1-4H3,(H,23,24)(H,26,27,28). The third-order valence-corrected chi connectivity index (χ3v) is 7.73. The van der Waals surface area contributed by atoms with Gasteiger partial charge in [0.15, 0.2) is 0 Å². The zero-order valence-corrected chi connectivity index (χ0v) is 20.1. The SMILES string of the molecule is CCCCCCOC(=O)C(CCCCC)(C(C)(CCCCCC)C(=O)O)S(=O)(=O)O. The second kappa shape index (κ2) is 14.0. The molecule has 0 aliphatic rings. The molecule has 0 aromatic heterocycles. The minimum absolute atomic E-state index is 0.00934. The quantitative estimate of drug-likeness (QED) is 0.163. The van der Waals surface area contributed by atoms with Crippen molar-refractivity contribution < 1.29 is 32.4 Å². The van der Waals surface area contributed by atoms with Crippen LogP contribution in [0.4, 0.5) is 0 Å². The fraction of sp³-hybridized carbons (Fsp3) is 0.909. The van der Waals surface area contributed by atoms with Crippen LogP contribution in [-0.4, -0.2) is 41.4 Å². The van der Waals surface area contributed by atoms with Gasteiger partial charge in [-0.25, -0.2) is 0 Å². The second-order valence-electron chi connectivity index (χ2n) is 8.40. The Labute approximate surface area is 182 Å². The number of carbonyl (C=O) groups excluding carboxylic acids is 1. The molecule has 0 bridgehead atoms. The van der Waals surface area contributed by atoms with Gasteiger partial charge in [-0.3, -0.25) is 14.1 Å². The number of rotatable bonds is 18. The number of esters is 1. The molecule has 0 aliphatic carbocycles. The number of hydrogen-bond acceptors (Lipinski definition) is 5. The van der Waals surface area contributed by atoms with Gasteiger partial charge < -0.3 is 9.84 Å². The third kappa shape index (κ3) is 7.52. The van der Waals surface area contributed by atoms with Crippen LogP contribution in [0.15, 0.2) is 0 Å². The Morgan fingerprint density at radius 1 is 0.800 bits per heavy atom. The smallest absolute Gasteiger partial charge is 0.331 e. The van der Waals surface area contributed by atoms with Gasteiger partial charge in [-0.1, -0.05) is 85.0 Å². The second-order valence-corrected chi connectivity index (χ2v) is 10.1. The Hall–Kier alpha value is -1.15. The average molecular weight is 451 g/mol. The minimum atomic E-state index is -5.05. The molecule has 0 rings (SSSR count). The van der Waals surface area contributed by atoms with Gasteiger partial charge in [0.25, 0.3) is 10.1 Å². The molecular weight excluding hydrogens is 408 g/mol. The Bertz CT molecular complexity index is 617. The van der Waals surface area contributed by atoms with E-state index in [0.29, 0.717) is 25.7 Å². The van der Waals surface area contributed by atoms with Crippen molar-refractivity contribution in [2.45, 2.75) is 116 Å². The maximum Gasteiger partial charge on any atom is 0.331 e. The lowest BCUT2D eigenvalue weighted by molar-refractivity contribution is -0.163. The van der Waals surface area contributed by atoms with Crippen molar-refractivity contribution in [2.75, 3.05) is 6.61 Å². The van der Waals surface area contributed by atoms with Crippen LogP contribution >= 0.6 is 0 Å². The molecule has 0 fully saturated rings. The molecule has 0 aromatic rings. The van der Waals surface area contributed by atoms with E-state index in [9.17, 15) is 27.7 Å². The maximum atomic E-state index is 13.2. The van der Waals surface area contributed by atoms with Crippen molar-refractivity contribution in [2.24, 2.45) is 5.41 Å². The number of hydrogen-bond donors (Lipinski definition) is 2. The predicted molar refractivity (Wildman–Crippen MR) is 118 cm³/mol. The van der Waals surface area contributed by atoms with E-state index in [1.165, 1.54) is 6.92 Å². The molecule has 0 amide bonds. The number of carboxylic acids is 1. The van der Waals surface area contributed by atoms with Crippen LogP contribution in [0, 0.1) is 5.41 Å². The lowest BCUT2D eigenvalue weighted by Gasteiger charge is -2.41. The fourth-order valence-corrected chi connectivity index (χ4v) is 5.37. The third-order valence-electron chi connectivity index (χ3n) is 6.03. The van der Waals surface area contributed by atoms with E-state index in [0.717, 1.165) is 44.9 Å². The predicted octanol–water partition coefficient (Wildman–Crippen LogP) is 5.38. The van der Waals surface area contributed by atoms with Crippen LogP contribution < -0.4 is 0 Å². The summed E-state index contributed by atoms with van der Waals surface area (Å²) >= 11 is 0. The molecule has 0 saturated heterocycles. The first-order valence-electron chi connectivity index (χ1n) is 11.4. The molecule has 0 saturated carbocycles. The van der Waals surface area contributed by atoms with Crippen molar-refractivity contribution in [1.29, 1.82) is 0 Å². The van der Waals surface area contributed by atoms with E-state index in [1.54, 1.807) is 0 Å². The van der Waals surface area contributed by atoms with Crippen molar-refractivity contribution in [1.82, 2.24) is 0 Å². The molecule has 2 unspecified atom stereocenters. The van der Waals surface area contributed by atoms with E-state index >= 15 is 0 Å². The lowest BCUT2D eigenvalue weighted by Crippen LogP contribution is -2.62. The van der Waals surface area contributed by atoms with E-state index < -0.39 is 32.2 Å². The molecule has 0 spiro atoms. The minimum Gasteiger partial charge on any atom is -0.481 e. The normalized spacial score (nSPS) is 15.9. The highest BCUT2D eigenvalue weighted by Crippen LogP contribution is 2.46. The largest absolute Gasteiger partial charge is 0.481 e. The highest BCUT2D eigenvalue weighted by molar-refractivity contribution is 7.88. The Balaban J connectivity index is 6.04. The summed E-state index contributed by atoms with van der Waals surface area (Å²) in [7, 11) is -5.05. The molecule has 8 heteroatoms. The van der Waals surface area contributed by atoms with Gasteiger partial charge in [0.05, 0.1) is 12.0 Å². The van der Waals surface area contributed by atoms with Crippen molar-refractivity contribution >= 4 is 22.1 Å². The molecule has 0 heterocycles. The highest BCUT2D eigenvalue weighted by Gasteiger charge is 2.66. The Morgan fingerprint density at radius 2 is 1.27 bits per heavy atom. The number of carbonyl (C=O) groups is 2. The molecule has 178 valence electrons. The first kappa shape index (κ1) is 28.9. The monoisotopic (exact) mass is 450 g/mol. The van der Waals surface area contributed by atoms with E-state index in [-0.39, 0.29) is 19.4 Å². The summed E-state index contributed by atoms with van der Waals surface area (Å²) in [5, 5.41) is 10.1. The van der Waals surface area contributed by atoms with E-state index in [2.05, 4.69) is 0 Å². The zero-order chi connectivity index (χ0) is 23.3. The number of carboxylic acid groups (broad SMARTS) is 1. The number of aliphatic carboxylic acids is 1. The van der Waals surface area contributed by atoms with Gasteiger partial charge in [-0.2, -0.15) is 8.42 Å². The summed E-state index contributed by atoms with van der Waals surface area (Å²) in [4.78, 5) is 25.5. The van der Waals surface area contributed by atoms with Crippen molar-refractivity contribution in [3.8, 4) is 0 Å². The molecule has 2 atom stereocenters. The van der Waals surface area contributed by atoms with Crippen LogP contribution in [0.2, 0.25) is 0 Å². The van der Waals surface area contributed by atoms with Gasteiger partial charge in [0.2, 0.25) is 4.75 Å². The lowest BCUT2D eigenvalue weighted by atomic mass is 9.70. The molecule has 7 nitrogen and oxygen atoms in total. The van der Waals surface area contributed by atoms with Crippen LogP contribution in [0.25, 0.3) is 0 Å². The first-order chi connectivity index (χ1) is 14.0. The topological polar surface area (TPSA) is 118 Å². The van der Waals surface area contributed by atoms with Crippen LogP contribution in [0.3, 0.4) is 0 Å².